The van der Waals surface area contributed by atoms with Crippen LogP contribution in [0.25, 0.3) is 0 Å². The molecule has 0 bridgehead atoms. The summed E-state index contributed by atoms with van der Waals surface area (Å²) in [5, 5.41) is 7.22. The van der Waals surface area contributed by atoms with E-state index in [1.54, 1.807) is 0 Å². The summed E-state index contributed by atoms with van der Waals surface area (Å²) < 4.78 is 5.67. The van der Waals surface area contributed by atoms with Gasteiger partial charge in [-0.05, 0) is 82.6 Å². The molecular formula is C27H39N5OS. The topological polar surface area (TPSA) is 53.5 Å². The number of fused-ring (bicyclic) bond motifs is 1. The van der Waals surface area contributed by atoms with Crippen LogP contribution in [-0.4, -0.2) is 78.8 Å². The maximum Gasteiger partial charge on any atom is 0.129 e. The summed E-state index contributed by atoms with van der Waals surface area (Å²) in [5.41, 5.74) is 4.05. The number of nitrogens with one attached hydrogen (secondary N) is 1. The highest BCUT2D eigenvalue weighted by Crippen LogP contribution is 2.41. The number of nitrogens with zero attached hydrogens (tertiary/aromatic N) is 4. The van der Waals surface area contributed by atoms with E-state index in [4.69, 9.17) is 14.7 Å². The fourth-order valence-corrected chi connectivity index (χ4v) is 7.56. The highest BCUT2D eigenvalue weighted by atomic mass is 32.1. The van der Waals surface area contributed by atoms with Crippen LogP contribution in [-0.2, 0) is 4.74 Å². The van der Waals surface area contributed by atoms with E-state index in [1.165, 1.54) is 86.4 Å². The second-order valence-corrected chi connectivity index (χ2v) is 11.7. The summed E-state index contributed by atoms with van der Waals surface area (Å²) in [4.78, 5) is 15.2. The average molecular weight is 482 g/mol. The van der Waals surface area contributed by atoms with Crippen LogP contribution in [0.1, 0.15) is 84.5 Å². The highest BCUT2D eigenvalue weighted by Gasteiger charge is 2.32. The van der Waals surface area contributed by atoms with Gasteiger partial charge in [0.2, 0.25) is 0 Å². The molecule has 1 atom stereocenters. The molecule has 3 aliphatic heterocycles. The summed E-state index contributed by atoms with van der Waals surface area (Å²) in [5.74, 6) is 2.69. The Hall–Kier alpha value is -1.54. The van der Waals surface area contributed by atoms with Gasteiger partial charge in [-0.25, -0.2) is 9.97 Å². The maximum absolute atomic E-state index is 5.67. The molecule has 1 N–H and O–H groups in total. The largest absolute Gasteiger partial charge is 0.380 e. The van der Waals surface area contributed by atoms with Crippen molar-refractivity contribution in [3.63, 3.8) is 0 Å². The van der Waals surface area contributed by atoms with Crippen molar-refractivity contribution in [1.29, 1.82) is 0 Å². The van der Waals surface area contributed by atoms with Crippen LogP contribution in [0.5, 0.6) is 0 Å². The Morgan fingerprint density at radius 2 is 1.85 bits per heavy atom. The van der Waals surface area contributed by atoms with Crippen molar-refractivity contribution in [2.45, 2.75) is 68.7 Å². The second-order valence-electron chi connectivity index (χ2n) is 10.8. The number of rotatable bonds is 4. The zero-order valence-corrected chi connectivity index (χ0v) is 21.4. The summed E-state index contributed by atoms with van der Waals surface area (Å²) in [6.07, 6.45) is 11.0. The minimum atomic E-state index is 0.340. The first kappa shape index (κ1) is 22.9. The monoisotopic (exact) mass is 481 g/mol. The van der Waals surface area contributed by atoms with Crippen LogP contribution in [0.15, 0.2) is 17.6 Å². The van der Waals surface area contributed by atoms with E-state index in [1.807, 2.05) is 11.3 Å². The molecule has 7 heteroatoms. The van der Waals surface area contributed by atoms with Gasteiger partial charge in [0.25, 0.3) is 0 Å². The predicted octanol–water partition coefficient (Wildman–Crippen LogP) is 4.65. The van der Waals surface area contributed by atoms with Gasteiger partial charge in [-0.3, -0.25) is 4.90 Å². The van der Waals surface area contributed by atoms with Crippen LogP contribution in [0.2, 0.25) is 0 Å². The SMILES string of the molecule is CN1CCC(c2nc(C3CNc4ncc([C@H]5CC[C@H](N6CCCOCC6)CC5)cc43)cs2)CC1. The number of thiazole rings is 1. The molecule has 2 aromatic rings. The van der Waals surface area contributed by atoms with Gasteiger partial charge in [-0.1, -0.05) is 0 Å². The summed E-state index contributed by atoms with van der Waals surface area (Å²) in [6, 6.07) is 3.20. The first-order chi connectivity index (χ1) is 16.7. The van der Waals surface area contributed by atoms with Crippen molar-refractivity contribution in [3.8, 4) is 0 Å². The van der Waals surface area contributed by atoms with E-state index in [0.717, 1.165) is 38.2 Å². The molecule has 34 heavy (non-hydrogen) atoms. The Bertz CT molecular complexity index is 956. The fraction of sp³-hybridized carbons (Fsp3) is 0.704. The number of aromatic nitrogens is 2. The molecule has 2 saturated heterocycles. The number of hydrogen-bond donors (Lipinski definition) is 1. The van der Waals surface area contributed by atoms with E-state index in [0.29, 0.717) is 17.8 Å². The normalized spacial score (nSPS) is 29.5. The molecule has 0 radical (unpaired) electrons. The van der Waals surface area contributed by atoms with Gasteiger partial charge >= 0.3 is 0 Å². The minimum Gasteiger partial charge on any atom is -0.380 e. The lowest BCUT2D eigenvalue weighted by molar-refractivity contribution is 0.118. The average Bonchev–Trinajstić information content (AvgIpc) is 3.43. The van der Waals surface area contributed by atoms with Gasteiger partial charge in [0.1, 0.15) is 5.82 Å². The number of pyridine rings is 1. The summed E-state index contributed by atoms with van der Waals surface area (Å²) in [7, 11) is 2.23. The lowest BCUT2D eigenvalue weighted by Crippen LogP contribution is -2.39. The lowest BCUT2D eigenvalue weighted by Gasteiger charge is -2.36. The van der Waals surface area contributed by atoms with Crippen LogP contribution in [0.3, 0.4) is 0 Å². The Morgan fingerprint density at radius 1 is 1.00 bits per heavy atom. The van der Waals surface area contributed by atoms with Crippen molar-refractivity contribution in [2.75, 3.05) is 58.3 Å². The Labute approximate surface area is 208 Å². The third-order valence-corrected chi connectivity index (χ3v) is 9.72. The van der Waals surface area contributed by atoms with Gasteiger partial charge in [-0.15, -0.1) is 11.3 Å². The molecule has 0 aromatic carbocycles. The fourth-order valence-electron chi connectivity index (χ4n) is 6.52. The summed E-state index contributed by atoms with van der Waals surface area (Å²) in [6.45, 7) is 7.45. The highest BCUT2D eigenvalue weighted by molar-refractivity contribution is 7.09. The molecule has 184 valence electrons. The third kappa shape index (κ3) is 4.77. The zero-order valence-electron chi connectivity index (χ0n) is 20.5. The van der Waals surface area contributed by atoms with E-state index in [-0.39, 0.29) is 0 Å². The lowest BCUT2D eigenvalue weighted by atomic mass is 9.81. The van der Waals surface area contributed by atoms with Gasteiger partial charge in [-0.2, -0.15) is 0 Å². The Kier molecular flexibility index (Phi) is 6.88. The van der Waals surface area contributed by atoms with Crippen molar-refractivity contribution >= 4 is 17.2 Å². The maximum atomic E-state index is 5.67. The molecular weight excluding hydrogens is 442 g/mol. The van der Waals surface area contributed by atoms with Crippen molar-refractivity contribution in [2.24, 2.45) is 0 Å². The number of piperidine rings is 1. The Morgan fingerprint density at radius 3 is 2.71 bits per heavy atom. The van der Waals surface area contributed by atoms with E-state index in [2.05, 4.69) is 39.8 Å². The number of hydrogen-bond acceptors (Lipinski definition) is 7. The van der Waals surface area contributed by atoms with Gasteiger partial charge in [0, 0.05) is 61.3 Å². The molecule has 3 fully saturated rings. The predicted molar refractivity (Wildman–Crippen MR) is 138 cm³/mol. The van der Waals surface area contributed by atoms with E-state index < -0.39 is 0 Å². The molecule has 1 aliphatic carbocycles. The zero-order chi connectivity index (χ0) is 22.9. The molecule has 6 nitrogen and oxygen atoms in total. The second kappa shape index (κ2) is 10.2. The Balaban J connectivity index is 1.13. The molecule has 0 amide bonds. The van der Waals surface area contributed by atoms with Crippen LogP contribution < -0.4 is 5.32 Å². The van der Waals surface area contributed by atoms with Gasteiger partial charge in [0.05, 0.1) is 17.3 Å². The van der Waals surface area contributed by atoms with Crippen molar-refractivity contribution in [1.82, 2.24) is 19.8 Å². The molecule has 4 aliphatic rings. The van der Waals surface area contributed by atoms with E-state index in [9.17, 15) is 0 Å². The van der Waals surface area contributed by atoms with Crippen LogP contribution >= 0.6 is 11.3 Å². The first-order valence-corrected chi connectivity index (χ1v) is 14.3. The smallest absolute Gasteiger partial charge is 0.129 e. The van der Waals surface area contributed by atoms with Crippen molar-refractivity contribution in [3.05, 3.63) is 39.5 Å². The standard InChI is InChI=1S/C27H39N5OS/c1-31-10-7-20(8-11-31)27-30-25(18-34-27)24-17-29-26-23(24)15-21(16-28-26)19-3-5-22(6-4-19)32-9-2-13-33-14-12-32/h15-16,18-20,22,24H,2-14,17H2,1H3,(H,28,29)/t19-,22-,24?. The van der Waals surface area contributed by atoms with Gasteiger partial charge < -0.3 is 15.0 Å². The van der Waals surface area contributed by atoms with Crippen LogP contribution in [0.4, 0.5) is 5.82 Å². The molecule has 2 aromatic heterocycles. The van der Waals surface area contributed by atoms with Crippen LogP contribution in [0, 0.1) is 0 Å². The van der Waals surface area contributed by atoms with Crippen molar-refractivity contribution < 1.29 is 4.74 Å². The van der Waals surface area contributed by atoms with Gasteiger partial charge in [0.15, 0.2) is 0 Å². The molecule has 0 spiro atoms. The molecule has 5 heterocycles. The first-order valence-electron chi connectivity index (χ1n) is 13.4. The molecule has 1 saturated carbocycles. The van der Waals surface area contributed by atoms with E-state index >= 15 is 0 Å². The minimum absolute atomic E-state index is 0.340. The number of ether oxygens (including phenoxy) is 1. The molecule has 6 rings (SSSR count). The summed E-state index contributed by atoms with van der Waals surface area (Å²) >= 11 is 1.87. The quantitative estimate of drug-likeness (QED) is 0.686. The third-order valence-electron chi connectivity index (χ3n) is 8.69. The number of likely N-dealkylation sites (tertiary alicyclic amines) is 1. The number of anilines is 1. The molecule has 1 unspecified atom stereocenters.